The van der Waals surface area contributed by atoms with Gasteiger partial charge in [-0.25, -0.2) is 4.98 Å². The number of halogens is 1. The lowest BCUT2D eigenvalue weighted by molar-refractivity contribution is -0.115. The smallest absolute Gasteiger partial charge is 0.238 e. The van der Waals surface area contributed by atoms with Crippen LogP contribution in [-0.2, 0) is 9.59 Å². The maximum Gasteiger partial charge on any atom is 0.238 e. The lowest BCUT2D eigenvalue weighted by atomic mass is 10.3. The van der Waals surface area contributed by atoms with Crippen molar-refractivity contribution in [2.45, 2.75) is 24.0 Å². The number of benzene rings is 1. The molecule has 0 aliphatic heterocycles. The fourth-order valence-corrected chi connectivity index (χ4v) is 2.73. The third kappa shape index (κ3) is 5.58. The number of carbonyl (C=O) groups is 2. The molecule has 0 saturated heterocycles. The molecule has 2 aromatic rings. The summed E-state index contributed by atoms with van der Waals surface area (Å²) in [5, 5.41) is 5.66. The molecule has 1 aromatic carbocycles. The summed E-state index contributed by atoms with van der Waals surface area (Å²) in [7, 11) is 0. The van der Waals surface area contributed by atoms with E-state index in [-0.39, 0.29) is 17.1 Å². The Morgan fingerprint density at radius 2 is 1.83 bits per heavy atom. The van der Waals surface area contributed by atoms with Gasteiger partial charge in [0.25, 0.3) is 0 Å². The standard InChI is InChI=1S/C16H16ClN3O2S/c1-10(16(22)20-15-8-3-12(17)9-18-15)23-14-6-4-13(5-7-14)19-11(2)21/h3-10H,1-2H3,(H,19,21)(H,18,20,22)/t10-/m1/s1. The first-order chi connectivity index (χ1) is 10.9. The largest absolute Gasteiger partial charge is 0.326 e. The number of amides is 2. The van der Waals surface area contributed by atoms with E-state index in [9.17, 15) is 9.59 Å². The van der Waals surface area contributed by atoms with Gasteiger partial charge in [-0.2, -0.15) is 0 Å². The molecule has 2 rings (SSSR count). The van der Waals surface area contributed by atoms with Crippen molar-refractivity contribution in [3.05, 3.63) is 47.6 Å². The van der Waals surface area contributed by atoms with Gasteiger partial charge in [-0.15, -0.1) is 11.8 Å². The van der Waals surface area contributed by atoms with Gasteiger partial charge >= 0.3 is 0 Å². The molecular weight excluding hydrogens is 334 g/mol. The number of carbonyl (C=O) groups excluding carboxylic acids is 2. The Hall–Kier alpha value is -2.05. The summed E-state index contributed by atoms with van der Waals surface area (Å²) in [6, 6.07) is 10.6. The van der Waals surface area contributed by atoms with Crippen LogP contribution in [0.3, 0.4) is 0 Å². The van der Waals surface area contributed by atoms with Gasteiger partial charge in [0.2, 0.25) is 11.8 Å². The highest BCUT2D eigenvalue weighted by atomic mass is 35.5. The number of hydrogen-bond donors (Lipinski definition) is 2. The number of anilines is 2. The number of thioether (sulfide) groups is 1. The molecule has 0 bridgehead atoms. The van der Waals surface area contributed by atoms with Crippen molar-refractivity contribution in [1.82, 2.24) is 4.98 Å². The highest BCUT2D eigenvalue weighted by molar-refractivity contribution is 8.00. The van der Waals surface area contributed by atoms with E-state index >= 15 is 0 Å². The van der Waals surface area contributed by atoms with Crippen LogP contribution in [0, 0.1) is 0 Å². The molecule has 0 radical (unpaired) electrons. The lowest BCUT2D eigenvalue weighted by Gasteiger charge is -2.12. The van der Waals surface area contributed by atoms with Gasteiger partial charge in [-0.1, -0.05) is 11.6 Å². The van der Waals surface area contributed by atoms with Crippen LogP contribution < -0.4 is 10.6 Å². The monoisotopic (exact) mass is 349 g/mol. The van der Waals surface area contributed by atoms with Gasteiger partial charge in [0.1, 0.15) is 5.82 Å². The van der Waals surface area contributed by atoms with Gasteiger partial charge in [0, 0.05) is 23.7 Å². The highest BCUT2D eigenvalue weighted by Crippen LogP contribution is 2.25. The van der Waals surface area contributed by atoms with Gasteiger partial charge in [0.15, 0.2) is 0 Å². The second kappa shape index (κ2) is 7.99. The zero-order chi connectivity index (χ0) is 16.8. The Balaban J connectivity index is 1.92. The van der Waals surface area contributed by atoms with Crippen LogP contribution in [-0.4, -0.2) is 22.0 Å². The summed E-state index contributed by atoms with van der Waals surface area (Å²) in [6.45, 7) is 3.28. The molecule has 7 heteroatoms. The Kier molecular flexibility index (Phi) is 6.01. The molecule has 0 aliphatic carbocycles. The van der Waals surface area contributed by atoms with Crippen LogP contribution in [0.5, 0.6) is 0 Å². The first kappa shape index (κ1) is 17.3. The van der Waals surface area contributed by atoms with Gasteiger partial charge in [0.05, 0.1) is 10.3 Å². The topological polar surface area (TPSA) is 71.1 Å². The number of nitrogens with zero attached hydrogens (tertiary/aromatic N) is 1. The molecule has 2 N–H and O–H groups in total. The third-order valence-electron chi connectivity index (χ3n) is 2.84. The van der Waals surface area contributed by atoms with E-state index in [1.54, 1.807) is 24.3 Å². The van der Waals surface area contributed by atoms with Crippen molar-refractivity contribution in [2.24, 2.45) is 0 Å². The summed E-state index contributed by atoms with van der Waals surface area (Å²) in [5.41, 5.74) is 0.726. The van der Waals surface area contributed by atoms with Crippen LogP contribution in [0.4, 0.5) is 11.5 Å². The normalized spacial score (nSPS) is 11.6. The van der Waals surface area contributed by atoms with Crippen molar-refractivity contribution in [3.63, 3.8) is 0 Å². The molecule has 2 amide bonds. The van der Waals surface area contributed by atoms with Crippen molar-refractivity contribution >= 4 is 46.7 Å². The number of pyridine rings is 1. The maximum atomic E-state index is 12.2. The summed E-state index contributed by atoms with van der Waals surface area (Å²) in [5.74, 6) is 0.206. The number of aromatic nitrogens is 1. The Bertz CT molecular complexity index is 689. The average molecular weight is 350 g/mol. The zero-order valence-electron chi connectivity index (χ0n) is 12.7. The van der Waals surface area contributed by atoms with Crippen molar-refractivity contribution < 1.29 is 9.59 Å². The van der Waals surface area contributed by atoms with Crippen molar-refractivity contribution in [1.29, 1.82) is 0 Å². The van der Waals surface area contributed by atoms with Crippen LogP contribution in [0.25, 0.3) is 0 Å². The average Bonchev–Trinajstić information content (AvgIpc) is 2.51. The number of hydrogen-bond acceptors (Lipinski definition) is 4. The zero-order valence-corrected chi connectivity index (χ0v) is 14.2. The Morgan fingerprint density at radius 1 is 1.13 bits per heavy atom. The highest BCUT2D eigenvalue weighted by Gasteiger charge is 2.15. The second-order valence-electron chi connectivity index (χ2n) is 4.82. The van der Waals surface area contributed by atoms with Gasteiger partial charge in [-0.3, -0.25) is 9.59 Å². The van der Waals surface area contributed by atoms with E-state index in [1.165, 1.54) is 24.9 Å². The molecule has 120 valence electrons. The molecule has 1 aromatic heterocycles. The van der Waals surface area contributed by atoms with Crippen molar-refractivity contribution in [3.8, 4) is 0 Å². The third-order valence-corrected chi connectivity index (χ3v) is 4.17. The lowest BCUT2D eigenvalue weighted by Crippen LogP contribution is -2.22. The maximum absolute atomic E-state index is 12.2. The first-order valence-corrected chi connectivity index (χ1v) is 8.16. The molecule has 0 fully saturated rings. The molecule has 1 heterocycles. The van der Waals surface area contributed by atoms with Crippen LogP contribution in [0.1, 0.15) is 13.8 Å². The van der Waals surface area contributed by atoms with Gasteiger partial charge in [-0.05, 0) is 43.3 Å². The molecule has 0 spiro atoms. The SMILES string of the molecule is CC(=O)Nc1ccc(S[C@H](C)C(=O)Nc2ccc(Cl)cn2)cc1. The van der Waals surface area contributed by atoms with E-state index in [2.05, 4.69) is 15.6 Å². The second-order valence-corrected chi connectivity index (χ2v) is 6.67. The minimum Gasteiger partial charge on any atom is -0.326 e. The van der Waals surface area contributed by atoms with E-state index in [0.717, 1.165) is 10.6 Å². The van der Waals surface area contributed by atoms with Crippen LogP contribution in [0.2, 0.25) is 5.02 Å². The number of nitrogens with one attached hydrogen (secondary N) is 2. The van der Waals surface area contributed by atoms with Crippen LogP contribution in [0.15, 0.2) is 47.5 Å². The molecule has 0 unspecified atom stereocenters. The fraction of sp³-hybridized carbons (Fsp3) is 0.188. The van der Waals surface area contributed by atoms with E-state index in [1.807, 2.05) is 19.1 Å². The Morgan fingerprint density at radius 3 is 2.39 bits per heavy atom. The van der Waals surface area contributed by atoms with E-state index in [0.29, 0.717) is 10.8 Å². The molecule has 5 nitrogen and oxygen atoms in total. The Labute approximate surface area is 143 Å². The van der Waals surface area contributed by atoms with Crippen LogP contribution >= 0.6 is 23.4 Å². The predicted octanol–water partition coefficient (Wildman–Crippen LogP) is 3.81. The summed E-state index contributed by atoms with van der Waals surface area (Å²) < 4.78 is 0. The molecular formula is C16H16ClN3O2S. The summed E-state index contributed by atoms with van der Waals surface area (Å²) in [4.78, 5) is 28.1. The molecule has 0 aliphatic rings. The van der Waals surface area contributed by atoms with Crippen molar-refractivity contribution in [2.75, 3.05) is 10.6 Å². The molecule has 1 atom stereocenters. The quantitative estimate of drug-likeness (QED) is 0.805. The van der Waals surface area contributed by atoms with E-state index < -0.39 is 0 Å². The minimum atomic E-state index is -0.293. The summed E-state index contributed by atoms with van der Waals surface area (Å²) >= 11 is 7.18. The molecule has 23 heavy (non-hydrogen) atoms. The minimum absolute atomic E-state index is 0.117. The fourth-order valence-electron chi connectivity index (χ4n) is 1.76. The van der Waals surface area contributed by atoms with Gasteiger partial charge < -0.3 is 10.6 Å². The number of rotatable bonds is 5. The predicted molar refractivity (Wildman–Crippen MR) is 93.9 cm³/mol. The summed E-state index contributed by atoms with van der Waals surface area (Å²) in [6.07, 6.45) is 1.48. The first-order valence-electron chi connectivity index (χ1n) is 6.91. The molecule has 0 saturated carbocycles. The van der Waals surface area contributed by atoms with E-state index in [4.69, 9.17) is 11.6 Å².